The van der Waals surface area contributed by atoms with Gasteiger partial charge in [-0.3, -0.25) is 25.7 Å². The Morgan fingerprint density at radius 2 is 1.67 bits per heavy atom. The molecule has 0 unspecified atom stereocenters. The van der Waals surface area contributed by atoms with Gasteiger partial charge in [-0.2, -0.15) is 5.10 Å². The number of nitrogens with zero attached hydrogens (tertiary/aromatic N) is 3. The van der Waals surface area contributed by atoms with Gasteiger partial charge in [-0.05, 0) is 41.5 Å². The minimum Gasteiger partial charge on any atom is -0.497 e. The molecule has 0 aliphatic rings. The summed E-state index contributed by atoms with van der Waals surface area (Å²) < 4.78 is 5.18. The highest BCUT2D eigenvalue weighted by atomic mass is 16.6. The zero-order valence-electron chi connectivity index (χ0n) is 16.0. The molecule has 0 bridgehead atoms. The van der Waals surface area contributed by atoms with Crippen molar-refractivity contribution in [1.82, 2.24) is 0 Å². The number of hydrogen-bond acceptors (Lipinski definition) is 7. The molecule has 3 rings (SSSR count). The molecule has 0 spiro atoms. The van der Waals surface area contributed by atoms with Gasteiger partial charge in [-0.25, -0.2) is 0 Å². The minimum atomic E-state index is -0.685. The Balaban J connectivity index is 1.96. The Bertz CT molecular complexity index is 1080. The van der Waals surface area contributed by atoms with Crippen LogP contribution < -0.4 is 10.2 Å². The van der Waals surface area contributed by atoms with Crippen LogP contribution in [-0.2, 0) is 6.42 Å². The van der Waals surface area contributed by atoms with E-state index >= 15 is 0 Å². The van der Waals surface area contributed by atoms with Crippen LogP contribution in [0.3, 0.4) is 0 Å². The number of hydrogen-bond donors (Lipinski definition) is 1. The van der Waals surface area contributed by atoms with Gasteiger partial charge in [0.2, 0.25) is 0 Å². The highest BCUT2D eigenvalue weighted by molar-refractivity contribution is 6.02. The molecule has 3 aromatic carbocycles. The van der Waals surface area contributed by atoms with E-state index in [1.165, 1.54) is 12.1 Å². The number of rotatable bonds is 8. The molecule has 0 saturated heterocycles. The Hall–Kier alpha value is -4.27. The van der Waals surface area contributed by atoms with Gasteiger partial charge in [0, 0.05) is 12.5 Å². The minimum absolute atomic E-state index is 0.0599. The third kappa shape index (κ3) is 4.96. The van der Waals surface area contributed by atoms with Crippen LogP contribution in [-0.4, -0.2) is 22.7 Å². The van der Waals surface area contributed by atoms with Crippen LogP contribution in [0.15, 0.2) is 77.9 Å². The standard InChI is InChI=1S/C21H18N4O5/c1-30-18-10-7-16(8-11-18)20(13-15-5-3-2-4-6-15)23-22-19-12-9-17(24(26)27)14-21(19)25(28)29/h2-12,14,22H,13H2,1H3/b23-20+. The predicted octanol–water partition coefficient (Wildman–Crippen LogP) is 4.57. The molecule has 0 aliphatic heterocycles. The second-order valence-corrected chi connectivity index (χ2v) is 6.28. The number of non-ortho nitro benzene ring substituents is 1. The Morgan fingerprint density at radius 1 is 0.967 bits per heavy atom. The van der Waals surface area contributed by atoms with Crippen LogP contribution >= 0.6 is 0 Å². The van der Waals surface area contributed by atoms with Crippen molar-refractivity contribution in [3.8, 4) is 5.75 Å². The lowest BCUT2D eigenvalue weighted by Crippen LogP contribution is -2.09. The summed E-state index contributed by atoms with van der Waals surface area (Å²) in [6.45, 7) is 0. The number of nitro groups is 2. The van der Waals surface area contributed by atoms with E-state index < -0.39 is 15.5 Å². The molecule has 9 heteroatoms. The van der Waals surface area contributed by atoms with Crippen molar-refractivity contribution < 1.29 is 14.6 Å². The van der Waals surface area contributed by atoms with Crippen LogP contribution in [0.2, 0.25) is 0 Å². The van der Waals surface area contributed by atoms with Gasteiger partial charge >= 0.3 is 5.69 Å². The molecule has 152 valence electrons. The molecule has 0 radical (unpaired) electrons. The summed E-state index contributed by atoms with van der Waals surface area (Å²) in [4.78, 5) is 20.9. The fourth-order valence-electron chi connectivity index (χ4n) is 2.79. The van der Waals surface area contributed by atoms with Crippen molar-refractivity contribution in [3.63, 3.8) is 0 Å². The van der Waals surface area contributed by atoms with Gasteiger partial charge in [0.05, 0.1) is 28.7 Å². The molecular weight excluding hydrogens is 388 g/mol. The zero-order chi connectivity index (χ0) is 21.5. The molecule has 0 amide bonds. The molecular formula is C21H18N4O5. The van der Waals surface area contributed by atoms with E-state index in [9.17, 15) is 20.2 Å². The summed E-state index contributed by atoms with van der Waals surface area (Å²) >= 11 is 0. The monoisotopic (exact) mass is 406 g/mol. The van der Waals surface area contributed by atoms with Crippen molar-refractivity contribution in [2.24, 2.45) is 5.10 Å². The normalized spacial score (nSPS) is 11.0. The summed E-state index contributed by atoms with van der Waals surface area (Å²) in [5.41, 5.74) is 4.41. The van der Waals surface area contributed by atoms with Crippen molar-refractivity contribution in [3.05, 3.63) is 104 Å². The second kappa shape index (κ2) is 9.28. The van der Waals surface area contributed by atoms with E-state index in [1.807, 2.05) is 42.5 Å². The lowest BCUT2D eigenvalue weighted by molar-refractivity contribution is -0.393. The van der Waals surface area contributed by atoms with Gasteiger partial charge < -0.3 is 4.74 Å². The summed E-state index contributed by atoms with van der Waals surface area (Å²) in [5, 5.41) is 26.7. The van der Waals surface area contributed by atoms with Crippen LogP contribution in [0.1, 0.15) is 11.1 Å². The van der Waals surface area contributed by atoms with Gasteiger partial charge in [0.15, 0.2) is 0 Å². The average molecular weight is 406 g/mol. The number of nitrogens with one attached hydrogen (secondary N) is 1. The highest BCUT2D eigenvalue weighted by Crippen LogP contribution is 2.29. The van der Waals surface area contributed by atoms with Crippen LogP contribution in [0, 0.1) is 20.2 Å². The number of ether oxygens (including phenoxy) is 1. The maximum Gasteiger partial charge on any atom is 0.301 e. The summed E-state index contributed by atoms with van der Waals surface area (Å²) in [7, 11) is 1.57. The lowest BCUT2D eigenvalue weighted by atomic mass is 10.0. The largest absolute Gasteiger partial charge is 0.497 e. The maximum atomic E-state index is 11.4. The molecule has 0 aromatic heterocycles. The first-order valence-corrected chi connectivity index (χ1v) is 8.91. The third-order valence-corrected chi connectivity index (χ3v) is 4.34. The lowest BCUT2D eigenvalue weighted by Gasteiger charge is -2.10. The van der Waals surface area contributed by atoms with Crippen molar-refractivity contribution >= 4 is 22.8 Å². The molecule has 1 N–H and O–H groups in total. The molecule has 9 nitrogen and oxygen atoms in total. The molecule has 0 aliphatic carbocycles. The fraction of sp³-hybridized carbons (Fsp3) is 0.0952. The van der Waals surface area contributed by atoms with E-state index in [1.54, 1.807) is 19.2 Å². The third-order valence-electron chi connectivity index (χ3n) is 4.34. The fourth-order valence-corrected chi connectivity index (χ4v) is 2.79. The molecule has 0 saturated carbocycles. The first-order chi connectivity index (χ1) is 14.5. The summed E-state index contributed by atoms with van der Waals surface area (Å²) in [5.74, 6) is 0.691. The molecule has 0 fully saturated rings. The quantitative estimate of drug-likeness (QED) is 0.332. The molecule has 0 atom stereocenters. The highest BCUT2D eigenvalue weighted by Gasteiger charge is 2.19. The summed E-state index contributed by atoms with van der Waals surface area (Å²) in [6.07, 6.45) is 0.473. The van der Waals surface area contributed by atoms with Crippen LogP contribution in [0.25, 0.3) is 0 Å². The number of anilines is 1. The zero-order valence-corrected chi connectivity index (χ0v) is 16.0. The van der Waals surface area contributed by atoms with E-state index in [0.717, 1.165) is 17.2 Å². The Kier molecular flexibility index (Phi) is 6.33. The van der Waals surface area contributed by atoms with Gasteiger partial charge in [0.25, 0.3) is 5.69 Å². The molecule has 0 heterocycles. The predicted molar refractivity (Wildman–Crippen MR) is 113 cm³/mol. The smallest absolute Gasteiger partial charge is 0.301 e. The average Bonchev–Trinajstić information content (AvgIpc) is 2.77. The maximum absolute atomic E-state index is 11.4. The van der Waals surface area contributed by atoms with Crippen molar-refractivity contribution in [2.75, 3.05) is 12.5 Å². The van der Waals surface area contributed by atoms with E-state index in [2.05, 4.69) is 10.5 Å². The van der Waals surface area contributed by atoms with Crippen LogP contribution in [0.5, 0.6) is 5.75 Å². The first kappa shape index (κ1) is 20.5. The van der Waals surface area contributed by atoms with Gasteiger partial charge in [-0.15, -0.1) is 0 Å². The van der Waals surface area contributed by atoms with E-state index in [0.29, 0.717) is 17.9 Å². The number of hydrazone groups is 1. The Morgan fingerprint density at radius 3 is 2.27 bits per heavy atom. The second-order valence-electron chi connectivity index (χ2n) is 6.28. The van der Waals surface area contributed by atoms with Gasteiger partial charge in [-0.1, -0.05) is 30.3 Å². The SMILES string of the molecule is COc1ccc(/C(Cc2ccccc2)=N/Nc2ccc([N+](=O)[O-])cc2[N+](=O)[O-])cc1. The van der Waals surface area contributed by atoms with Crippen LogP contribution in [0.4, 0.5) is 17.1 Å². The number of benzene rings is 3. The van der Waals surface area contributed by atoms with Crippen molar-refractivity contribution in [2.45, 2.75) is 6.42 Å². The summed E-state index contributed by atoms with van der Waals surface area (Å²) in [6, 6.07) is 20.3. The molecule has 30 heavy (non-hydrogen) atoms. The number of nitro benzene ring substituents is 2. The first-order valence-electron chi connectivity index (χ1n) is 8.91. The topological polar surface area (TPSA) is 120 Å². The number of methoxy groups -OCH3 is 1. The molecule has 3 aromatic rings. The van der Waals surface area contributed by atoms with E-state index in [-0.39, 0.29) is 11.4 Å². The van der Waals surface area contributed by atoms with E-state index in [4.69, 9.17) is 4.74 Å². The van der Waals surface area contributed by atoms with Gasteiger partial charge in [0.1, 0.15) is 11.4 Å². The Labute approximate surface area is 171 Å². The van der Waals surface area contributed by atoms with Crippen molar-refractivity contribution in [1.29, 1.82) is 0 Å².